The van der Waals surface area contributed by atoms with Crippen LogP contribution >= 0.6 is 12.4 Å². The number of rotatable bonds is 9. The highest BCUT2D eigenvalue weighted by atomic mass is 35.5. The molecule has 1 aromatic heterocycles. The maximum atomic E-state index is 11.8. The minimum absolute atomic E-state index is 0. The molecule has 2 aromatic rings. The quantitative estimate of drug-likeness (QED) is 0.279. The fourth-order valence-electron chi connectivity index (χ4n) is 2.14. The standard InChI is InChI=1S/C18H22N6O2.ClH/c19-24-11-15-5-3-14(4-6-15)8-21-12-17(25)23-13-18(26)22-10-16-2-1-7-20-9-16;/h1-7,9,11,21H,8,10,12-13,19H2,(H,22,26)(H,23,25);1H. The average molecular weight is 391 g/mol. The van der Waals surface area contributed by atoms with E-state index in [4.69, 9.17) is 5.84 Å². The van der Waals surface area contributed by atoms with Crippen molar-refractivity contribution < 1.29 is 9.59 Å². The van der Waals surface area contributed by atoms with Gasteiger partial charge in [-0.2, -0.15) is 5.10 Å². The predicted molar refractivity (Wildman–Crippen MR) is 106 cm³/mol. The van der Waals surface area contributed by atoms with E-state index in [1.165, 1.54) is 0 Å². The van der Waals surface area contributed by atoms with Crippen molar-refractivity contribution in [2.75, 3.05) is 13.1 Å². The third-order valence-electron chi connectivity index (χ3n) is 3.48. The number of nitrogens with one attached hydrogen (secondary N) is 3. The zero-order chi connectivity index (χ0) is 18.6. The summed E-state index contributed by atoms with van der Waals surface area (Å²) in [6, 6.07) is 11.3. The van der Waals surface area contributed by atoms with Crippen LogP contribution in [-0.4, -0.2) is 36.1 Å². The molecule has 1 aromatic carbocycles. The van der Waals surface area contributed by atoms with Crippen molar-refractivity contribution in [1.29, 1.82) is 0 Å². The predicted octanol–water partition coefficient (Wildman–Crippen LogP) is 0.318. The van der Waals surface area contributed by atoms with Crippen LogP contribution in [0.25, 0.3) is 0 Å². The van der Waals surface area contributed by atoms with Gasteiger partial charge in [-0.3, -0.25) is 14.6 Å². The third kappa shape index (κ3) is 8.80. The van der Waals surface area contributed by atoms with Crippen LogP contribution in [0, 0.1) is 0 Å². The second-order valence-electron chi connectivity index (χ2n) is 5.54. The first-order valence-electron chi connectivity index (χ1n) is 8.12. The summed E-state index contributed by atoms with van der Waals surface area (Å²) in [5.74, 6) is 4.60. The second-order valence-corrected chi connectivity index (χ2v) is 5.54. The number of hydrogen-bond acceptors (Lipinski definition) is 6. The van der Waals surface area contributed by atoms with Gasteiger partial charge in [0.15, 0.2) is 0 Å². The average Bonchev–Trinajstić information content (AvgIpc) is 2.67. The van der Waals surface area contributed by atoms with E-state index < -0.39 is 0 Å². The fraction of sp³-hybridized carbons (Fsp3) is 0.222. The number of nitrogens with zero attached hydrogens (tertiary/aromatic N) is 2. The first-order valence-corrected chi connectivity index (χ1v) is 8.12. The molecule has 0 radical (unpaired) electrons. The Morgan fingerprint density at radius 2 is 1.74 bits per heavy atom. The lowest BCUT2D eigenvalue weighted by atomic mass is 10.1. The number of carbonyl (C=O) groups is 2. The van der Waals surface area contributed by atoms with Crippen molar-refractivity contribution in [2.45, 2.75) is 13.1 Å². The summed E-state index contributed by atoms with van der Waals surface area (Å²) in [4.78, 5) is 27.4. The maximum Gasteiger partial charge on any atom is 0.239 e. The molecule has 0 bridgehead atoms. The first kappa shape index (κ1) is 22.1. The van der Waals surface area contributed by atoms with Crippen LogP contribution in [-0.2, 0) is 22.7 Å². The number of nitrogens with two attached hydrogens (primary N) is 1. The number of benzene rings is 1. The molecule has 27 heavy (non-hydrogen) atoms. The Balaban J connectivity index is 0.00000364. The van der Waals surface area contributed by atoms with Crippen LogP contribution in [0.4, 0.5) is 0 Å². The second kappa shape index (κ2) is 12.4. The van der Waals surface area contributed by atoms with Crippen LogP contribution in [0.2, 0.25) is 0 Å². The van der Waals surface area contributed by atoms with Crippen LogP contribution in [0.1, 0.15) is 16.7 Å². The highest BCUT2D eigenvalue weighted by Gasteiger charge is 2.05. The molecular formula is C18H23ClN6O2. The van der Waals surface area contributed by atoms with Gasteiger partial charge in [-0.15, -0.1) is 12.4 Å². The van der Waals surface area contributed by atoms with Crippen molar-refractivity contribution in [3.05, 3.63) is 65.5 Å². The molecule has 0 atom stereocenters. The number of hydrogen-bond donors (Lipinski definition) is 4. The van der Waals surface area contributed by atoms with E-state index in [0.29, 0.717) is 13.1 Å². The van der Waals surface area contributed by atoms with E-state index >= 15 is 0 Å². The van der Waals surface area contributed by atoms with E-state index in [1.807, 2.05) is 30.3 Å². The van der Waals surface area contributed by atoms with E-state index in [0.717, 1.165) is 16.7 Å². The van der Waals surface area contributed by atoms with Crippen LogP contribution in [0.5, 0.6) is 0 Å². The monoisotopic (exact) mass is 390 g/mol. The van der Waals surface area contributed by atoms with Crippen molar-refractivity contribution in [3.8, 4) is 0 Å². The summed E-state index contributed by atoms with van der Waals surface area (Å²) in [5.41, 5.74) is 2.84. The van der Waals surface area contributed by atoms with E-state index in [1.54, 1.807) is 24.7 Å². The Hall–Kier alpha value is -2.97. The normalized spacial score (nSPS) is 10.2. The molecule has 144 valence electrons. The lowest BCUT2D eigenvalue weighted by Gasteiger charge is -2.08. The van der Waals surface area contributed by atoms with Crippen molar-refractivity contribution >= 4 is 30.4 Å². The molecule has 5 N–H and O–H groups in total. The molecule has 9 heteroatoms. The number of carbonyl (C=O) groups excluding carboxylic acids is 2. The van der Waals surface area contributed by atoms with Crippen LogP contribution in [0.15, 0.2) is 53.9 Å². The Kier molecular flexibility index (Phi) is 10.1. The molecule has 0 fully saturated rings. The molecule has 2 rings (SSSR count). The van der Waals surface area contributed by atoms with Crippen molar-refractivity contribution in [3.63, 3.8) is 0 Å². The number of aromatic nitrogens is 1. The van der Waals surface area contributed by atoms with Gasteiger partial charge in [-0.05, 0) is 22.8 Å². The van der Waals surface area contributed by atoms with Gasteiger partial charge in [-0.1, -0.05) is 30.3 Å². The van der Waals surface area contributed by atoms with Gasteiger partial charge < -0.3 is 21.8 Å². The minimum Gasteiger partial charge on any atom is -0.350 e. The highest BCUT2D eigenvalue weighted by Crippen LogP contribution is 2.01. The van der Waals surface area contributed by atoms with Gasteiger partial charge in [0.1, 0.15) is 0 Å². The molecule has 0 saturated heterocycles. The topological polar surface area (TPSA) is 121 Å². The Labute approximate surface area is 164 Å². The summed E-state index contributed by atoms with van der Waals surface area (Å²) in [5, 5.41) is 11.8. The molecule has 0 aliphatic heterocycles. The smallest absolute Gasteiger partial charge is 0.239 e. The minimum atomic E-state index is -0.251. The molecule has 2 amide bonds. The van der Waals surface area contributed by atoms with E-state index in [9.17, 15) is 9.59 Å². The summed E-state index contributed by atoms with van der Waals surface area (Å²) >= 11 is 0. The van der Waals surface area contributed by atoms with Gasteiger partial charge in [0.05, 0.1) is 19.3 Å². The van der Waals surface area contributed by atoms with Gasteiger partial charge in [0, 0.05) is 25.5 Å². The molecule has 0 unspecified atom stereocenters. The maximum absolute atomic E-state index is 11.8. The van der Waals surface area contributed by atoms with Gasteiger partial charge in [0.2, 0.25) is 11.8 Å². The van der Waals surface area contributed by atoms with Crippen molar-refractivity contribution in [2.24, 2.45) is 10.9 Å². The molecular weight excluding hydrogens is 368 g/mol. The zero-order valence-corrected chi connectivity index (χ0v) is 15.5. The number of amides is 2. The number of pyridine rings is 1. The van der Waals surface area contributed by atoms with Gasteiger partial charge >= 0.3 is 0 Å². The van der Waals surface area contributed by atoms with E-state index in [-0.39, 0.29) is 37.3 Å². The lowest BCUT2D eigenvalue weighted by molar-refractivity contribution is -0.125. The number of hydrazone groups is 1. The lowest BCUT2D eigenvalue weighted by Crippen LogP contribution is -2.40. The summed E-state index contributed by atoms with van der Waals surface area (Å²) in [6.07, 6.45) is 4.91. The molecule has 0 aliphatic rings. The van der Waals surface area contributed by atoms with Crippen LogP contribution in [0.3, 0.4) is 0 Å². The Morgan fingerprint density at radius 3 is 2.41 bits per heavy atom. The molecule has 1 heterocycles. The molecule has 0 spiro atoms. The van der Waals surface area contributed by atoms with Gasteiger partial charge in [-0.25, -0.2) is 0 Å². The third-order valence-corrected chi connectivity index (χ3v) is 3.48. The van der Waals surface area contributed by atoms with Crippen molar-refractivity contribution in [1.82, 2.24) is 20.9 Å². The van der Waals surface area contributed by atoms with Crippen LogP contribution < -0.4 is 21.8 Å². The van der Waals surface area contributed by atoms with Gasteiger partial charge in [0.25, 0.3) is 0 Å². The first-order chi connectivity index (χ1) is 12.7. The highest BCUT2D eigenvalue weighted by molar-refractivity contribution is 5.85. The molecule has 0 aliphatic carbocycles. The largest absolute Gasteiger partial charge is 0.350 e. The van der Waals surface area contributed by atoms with E-state index in [2.05, 4.69) is 26.0 Å². The molecule has 8 nitrogen and oxygen atoms in total. The Morgan fingerprint density at radius 1 is 1.00 bits per heavy atom. The molecule has 0 saturated carbocycles. The zero-order valence-electron chi connectivity index (χ0n) is 14.7. The fourth-order valence-corrected chi connectivity index (χ4v) is 2.14. The Bertz CT molecular complexity index is 737. The summed E-state index contributed by atoms with van der Waals surface area (Å²) in [7, 11) is 0. The summed E-state index contributed by atoms with van der Waals surface area (Å²) in [6.45, 7) is 0.988. The number of halogens is 1. The SMILES string of the molecule is Cl.NN=Cc1ccc(CNCC(=O)NCC(=O)NCc2cccnc2)cc1. The summed E-state index contributed by atoms with van der Waals surface area (Å²) < 4.78 is 0.